The third-order valence-electron chi connectivity index (χ3n) is 8.37. The Morgan fingerprint density at radius 2 is 1.19 bits per heavy atom. The van der Waals surface area contributed by atoms with Gasteiger partial charge in [0.2, 0.25) is 11.8 Å². The number of aryl methyl sites for hydroxylation is 1. The molecule has 0 aromatic heterocycles. The minimum Gasteiger partial charge on any atom is -0.274 e. The van der Waals surface area contributed by atoms with E-state index in [1.54, 1.807) is 11.8 Å². The van der Waals surface area contributed by atoms with Gasteiger partial charge in [0.1, 0.15) is 0 Å². The lowest BCUT2D eigenvalue weighted by Gasteiger charge is -2.51. The Hall–Kier alpha value is -3.63. The summed E-state index contributed by atoms with van der Waals surface area (Å²) in [5.74, 6) is -0.805. The number of hydrogen-bond donors (Lipinski definition) is 0. The first kappa shape index (κ1) is 21.6. The summed E-state index contributed by atoms with van der Waals surface area (Å²) in [6.07, 6.45) is 0. The Morgan fingerprint density at radius 1 is 0.694 bits per heavy atom. The van der Waals surface area contributed by atoms with Crippen molar-refractivity contribution in [3.8, 4) is 0 Å². The van der Waals surface area contributed by atoms with E-state index in [9.17, 15) is 9.59 Å². The van der Waals surface area contributed by atoms with Crippen LogP contribution >= 0.6 is 11.8 Å². The lowest BCUT2D eigenvalue weighted by molar-refractivity contribution is -0.128. The Morgan fingerprint density at radius 3 is 1.75 bits per heavy atom. The van der Waals surface area contributed by atoms with Crippen LogP contribution in [0.5, 0.6) is 0 Å². The lowest BCUT2D eigenvalue weighted by atomic mass is 9.48. The molecule has 0 N–H and O–H groups in total. The third-order valence-corrected chi connectivity index (χ3v) is 9.38. The van der Waals surface area contributed by atoms with E-state index in [0.29, 0.717) is 5.69 Å². The molecule has 3 nitrogen and oxygen atoms in total. The van der Waals surface area contributed by atoms with Crippen molar-refractivity contribution in [3.63, 3.8) is 0 Å². The fourth-order valence-electron chi connectivity index (χ4n) is 6.77. The van der Waals surface area contributed by atoms with Crippen LogP contribution < -0.4 is 4.90 Å². The molecular weight excluding hydrogens is 462 g/mol. The fraction of sp³-hybridized carbons (Fsp3) is 0.188. The zero-order chi connectivity index (χ0) is 24.6. The van der Waals surface area contributed by atoms with Gasteiger partial charge in [-0.15, -0.1) is 0 Å². The number of carbonyl (C=O) groups is 2. The van der Waals surface area contributed by atoms with Gasteiger partial charge >= 0.3 is 0 Å². The first-order valence-corrected chi connectivity index (χ1v) is 13.2. The normalized spacial score (nSPS) is 25.5. The van der Waals surface area contributed by atoms with Crippen LogP contribution in [-0.4, -0.2) is 11.8 Å². The van der Waals surface area contributed by atoms with Crippen molar-refractivity contribution in [2.75, 3.05) is 4.90 Å². The molecule has 0 saturated carbocycles. The molecule has 36 heavy (non-hydrogen) atoms. The number of hydrogen-bond acceptors (Lipinski definition) is 3. The quantitative estimate of drug-likeness (QED) is 0.294. The predicted molar refractivity (Wildman–Crippen MR) is 142 cm³/mol. The topological polar surface area (TPSA) is 37.4 Å². The molecule has 0 radical (unpaired) electrons. The minimum atomic E-state index is -0.806. The van der Waals surface area contributed by atoms with E-state index < -0.39 is 11.3 Å². The van der Waals surface area contributed by atoms with Gasteiger partial charge in [-0.25, -0.2) is 4.90 Å². The number of anilines is 1. The highest BCUT2D eigenvalue weighted by atomic mass is 32.2. The first-order chi connectivity index (χ1) is 17.5. The maximum Gasteiger partial charge on any atom is 0.241 e. The van der Waals surface area contributed by atoms with E-state index in [4.69, 9.17) is 0 Å². The van der Waals surface area contributed by atoms with Crippen LogP contribution in [0.1, 0.15) is 46.6 Å². The zero-order valence-electron chi connectivity index (χ0n) is 20.1. The number of imide groups is 1. The molecular formula is C32H25NO2S. The van der Waals surface area contributed by atoms with Crippen LogP contribution in [0, 0.1) is 18.3 Å². The van der Waals surface area contributed by atoms with Gasteiger partial charge in [-0.3, -0.25) is 9.59 Å². The number of amides is 2. The summed E-state index contributed by atoms with van der Waals surface area (Å²) < 4.78 is 0. The van der Waals surface area contributed by atoms with Crippen molar-refractivity contribution in [2.45, 2.75) is 35.5 Å². The molecule has 2 atom stereocenters. The summed E-state index contributed by atoms with van der Waals surface area (Å²) in [6.45, 7) is 4.09. The Bertz CT molecular complexity index is 1490. The SMILES string of the molecule is Cc1ccc(Sc2ccc(N3C(=O)C4C5c6ccccc6C(c6ccccc65)C4(C)C3=O)cc2)cc1. The van der Waals surface area contributed by atoms with E-state index in [1.165, 1.54) is 32.7 Å². The molecule has 1 heterocycles. The molecule has 176 valence electrons. The summed E-state index contributed by atoms with van der Waals surface area (Å²) in [7, 11) is 0. The van der Waals surface area contributed by atoms with Crippen LogP contribution in [0.3, 0.4) is 0 Å². The molecule has 0 spiro atoms. The average molecular weight is 488 g/mol. The summed E-state index contributed by atoms with van der Waals surface area (Å²) in [6, 6.07) is 33.0. The van der Waals surface area contributed by atoms with Crippen LogP contribution in [0.15, 0.2) is 107 Å². The second kappa shape index (κ2) is 7.68. The van der Waals surface area contributed by atoms with Gasteiger partial charge < -0.3 is 0 Å². The Kier molecular flexibility index (Phi) is 4.62. The second-order valence-electron chi connectivity index (χ2n) is 10.3. The molecule has 3 aliphatic carbocycles. The molecule has 4 heteroatoms. The predicted octanol–water partition coefficient (Wildman–Crippen LogP) is 6.93. The highest BCUT2D eigenvalue weighted by molar-refractivity contribution is 7.99. The number of nitrogens with zero attached hydrogens (tertiary/aromatic N) is 1. The Labute approximate surface area is 215 Å². The number of carbonyl (C=O) groups excluding carboxylic acids is 2. The fourth-order valence-corrected chi connectivity index (χ4v) is 7.58. The molecule has 4 aliphatic rings. The molecule has 2 bridgehead atoms. The van der Waals surface area contributed by atoms with Gasteiger partial charge in [-0.2, -0.15) is 0 Å². The van der Waals surface area contributed by atoms with Crippen molar-refractivity contribution in [1.82, 2.24) is 0 Å². The standard InChI is InChI=1S/C32H25NO2S/c1-19-11-15-21(16-12-19)36-22-17-13-20(14-18-22)33-30(34)29-27-23-7-3-5-9-25(23)28(32(29,2)31(33)35)26-10-6-4-8-24(26)27/h3-18,27-29H,1-2H3. The minimum absolute atomic E-state index is 0.0829. The van der Waals surface area contributed by atoms with Crippen LogP contribution in [0.25, 0.3) is 0 Å². The van der Waals surface area contributed by atoms with Crippen molar-refractivity contribution >= 4 is 29.3 Å². The van der Waals surface area contributed by atoms with Gasteiger partial charge in [-0.1, -0.05) is 78.0 Å². The number of rotatable bonds is 3. The van der Waals surface area contributed by atoms with Crippen LogP contribution in [-0.2, 0) is 9.59 Å². The maximum absolute atomic E-state index is 14.2. The number of benzene rings is 4. The monoisotopic (exact) mass is 487 g/mol. The molecule has 1 aliphatic heterocycles. The molecule has 1 fully saturated rings. The van der Waals surface area contributed by atoms with Gasteiger partial charge in [0, 0.05) is 21.6 Å². The summed E-state index contributed by atoms with van der Waals surface area (Å²) in [5, 5.41) is 0. The van der Waals surface area contributed by atoms with Gasteiger partial charge in [-0.05, 0) is 72.5 Å². The van der Waals surface area contributed by atoms with E-state index in [2.05, 4.69) is 55.5 Å². The van der Waals surface area contributed by atoms with Crippen LogP contribution in [0.2, 0.25) is 0 Å². The first-order valence-electron chi connectivity index (χ1n) is 12.4. The molecule has 1 saturated heterocycles. The van der Waals surface area contributed by atoms with Gasteiger partial charge in [0.05, 0.1) is 17.0 Å². The average Bonchev–Trinajstić information content (AvgIpc) is 3.11. The summed E-state index contributed by atoms with van der Waals surface area (Å²) in [4.78, 5) is 32.0. The van der Waals surface area contributed by atoms with Crippen molar-refractivity contribution in [2.24, 2.45) is 11.3 Å². The molecule has 4 aromatic rings. The maximum atomic E-state index is 14.2. The molecule has 2 unspecified atom stereocenters. The molecule has 4 aromatic carbocycles. The van der Waals surface area contributed by atoms with E-state index >= 15 is 0 Å². The van der Waals surface area contributed by atoms with E-state index in [-0.39, 0.29) is 23.7 Å². The third kappa shape index (κ3) is 2.82. The summed E-state index contributed by atoms with van der Waals surface area (Å²) >= 11 is 1.67. The van der Waals surface area contributed by atoms with E-state index in [1.807, 2.05) is 55.5 Å². The largest absolute Gasteiger partial charge is 0.274 e. The Balaban J connectivity index is 1.28. The lowest BCUT2D eigenvalue weighted by Crippen LogP contribution is -2.49. The molecule has 8 rings (SSSR count). The van der Waals surface area contributed by atoms with Gasteiger partial charge in [0.25, 0.3) is 0 Å². The summed E-state index contributed by atoms with van der Waals surface area (Å²) in [5.41, 5.74) is 5.84. The highest BCUT2D eigenvalue weighted by Crippen LogP contribution is 2.67. The van der Waals surface area contributed by atoms with Gasteiger partial charge in [0.15, 0.2) is 0 Å². The van der Waals surface area contributed by atoms with Crippen molar-refractivity contribution in [3.05, 3.63) is 125 Å². The van der Waals surface area contributed by atoms with E-state index in [0.717, 1.165) is 9.79 Å². The molecule has 2 amide bonds. The van der Waals surface area contributed by atoms with Crippen molar-refractivity contribution in [1.29, 1.82) is 0 Å². The second-order valence-corrected chi connectivity index (χ2v) is 11.5. The van der Waals surface area contributed by atoms with Crippen LogP contribution in [0.4, 0.5) is 5.69 Å². The zero-order valence-corrected chi connectivity index (χ0v) is 21.0. The smallest absolute Gasteiger partial charge is 0.241 e. The highest BCUT2D eigenvalue weighted by Gasteiger charge is 2.68. The van der Waals surface area contributed by atoms with Crippen molar-refractivity contribution < 1.29 is 9.59 Å².